The zero-order valence-corrected chi connectivity index (χ0v) is 13.0. The SMILES string of the molecule is CCCC(C)(CO)NCc1csc(C(C)(C)C)n1. The molecule has 0 amide bonds. The van der Waals surface area contributed by atoms with Crippen LogP contribution in [0, 0.1) is 0 Å². The fraction of sp³-hybridized carbons (Fsp3) is 0.786. The average Bonchev–Trinajstić information content (AvgIpc) is 2.75. The zero-order chi connectivity index (χ0) is 13.8. The Morgan fingerprint density at radius 2 is 2.00 bits per heavy atom. The largest absolute Gasteiger partial charge is 0.394 e. The summed E-state index contributed by atoms with van der Waals surface area (Å²) >= 11 is 1.71. The minimum atomic E-state index is -0.194. The van der Waals surface area contributed by atoms with Crippen LogP contribution in [-0.4, -0.2) is 22.2 Å². The third kappa shape index (κ3) is 4.34. The molecule has 4 heteroatoms. The Hall–Kier alpha value is -0.450. The summed E-state index contributed by atoms with van der Waals surface area (Å²) in [6.07, 6.45) is 2.04. The summed E-state index contributed by atoms with van der Waals surface area (Å²) in [6.45, 7) is 11.6. The van der Waals surface area contributed by atoms with Gasteiger partial charge < -0.3 is 10.4 Å². The Kier molecular flexibility index (Phi) is 5.32. The van der Waals surface area contributed by atoms with Crippen LogP contribution in [-0.2, 0) is 12.0 Å². The first kappa shape index (κ1) is 15.6. The van der Waals surface area contributed by atoms with Crippen molar-refractivity contribution in [3.63, 3.8) is 0 Å². The van der Waals surface area contributed by atoms with Crippen molar-refractivity contribution in [1.82, 2.24) is 10.3 Å². The van der Waals surface area contributed by atoms with Crippen molar-refractivity contribution in [3.8, 4) is 0 Å². The van der Waals surface area contributed by atoms with Gasteiger partial charge in [-0.3, -0.25) is 0 Å². The first-order valence-corrected chi connectivity index (χ1v) is 7.49. The number of hydrogen-bond donors (Lipinski definition) is 2. The summed E-state index contributed by atoms with van der Waals surface area (Å²) in [6, 6.07) is 0. The number of nitrogens with one attached hydrogen (secondary N) is 1. The van der Waals surface area contributed by atoms with Gasteiger partial charge in [0, 0.05) is 22.9 Å². The van der Waals surface area contributed by atoms with E-state index in [2.05, 4.69) is 50.3 Å². The van der Waals surface area contributed by atoms with Crippen LogP contribution in [0.3, 0.4) is 0 Å². The standard InChI is InChI=1S/C14H26N2OS/c1-6-7-14(5,10-17)15-8-11-9-18-12(16-11)13(2,3)4/h9,15,17H,6-8,10H2,1-5H3. The molecule has 0 saturated heterocycles. The third-order valence-electron chi connectivity index (χ3n) is 3.04. The fourth-order valence-corrected chi connectivity index (χ4v) is 2.72. The van der Waals surface area contributed by atoms with E-state index in [-0.39, 0.29) is 17.6 Å². The van der Waals surface area contributed by atoms with Crippen molar-refractivity contribution in [2.75, 3.05) is 6.61 Å². The maximum absolute atomic E-state index is 9.45. The quantitative estimate of drug-likeness (QED) is 0.835. The molecule has 0 radical (unpaired) electrons. The molecule has 0 aliphatic carbocycles. The van der Waals surface area contributed by atoms with E-state index in [0.717, 1.165) is 25.1 Å². The zero-order valence-electron chi connectivity index (χ0n) is 12.2. The predicted octanol–water partition coefficient (Wildman–Crippen LogP) is 3.08. The highest BCUT2D eigenvalue weighted by Crippen LogP contribution is 2.25. The molecule has 1 heterocycles. The number of hydrogen-bond acceptors (Lipinski definition) is 4. The lowest BCUT2D eigenvalue weighted by molar-refractivity contribution is 0.163. The van der Waals surface area contributed by atoms with Crippen LogP contribution in [0.5, 0.6) is 0 Å². The Morgan fingerprint density at radius 1 is 1.33 bits per heavy atom. The molecule has 0 aromatic carbocycles. The summed E-state index contributed by atoms with van der Waals surface area (Å²) in [5.74, 6) is 0. The molecule has 0 aliphatic heterocycles. The maximum Gasteiger partial charge on any atom is 0.0982 e. The summed E-state index contributed by atoms with van der Waals surface area (Å²) in [7, 11) is 0. The van der Waals surface area contributed by atoms with Gasteiger partial charge in [0.2, 0.25) is 0 Å². The van der Waals surface area contributed by atoms with Crippen LogP contribution < -0.4 is 5.32 Å². The summed E-state index contributed by atoms with van der Waals surface area (Å²) in [5.41, 5.74) is 0.994. The molecule has 0 bridgehead atoms. The second-order valence-corrected chi connectivity index (χ2v) is 7.07. The van der Waals surface area contributed by atoms with Gasteiger partial charge in [0.1, 0.15) is 0 Å². The first-order chi connectivity index (χ1) is 8.30. The van der Waals surface area contributed by atoms with Crippen LogP contribution in [0.25, 0.3) is 0 Å². The second kappa shape index (κ2) is 6.13. The van der Waals surface area contributed by atoms with E-state index in [1.807, 2.05) is 0 Å². The van der Waals surface area contributed by atoms with Crippen LogP contribution in [0.1, 0.15) is 58.2 Å². The Balaban J connectivity index is 2.61. The van der Waals surface area contributed by atoms with Gasteiger partial charge in [-0.2, -0.15) is 0 Å². The van der Waals surface area contributed by atoms with Gasteiger partial charge in [-0.1, -0.05) is 34.1 Å². The molecule has 104 valence electrons. The van der Waals surface area contributed by atoms with Crippen molar-refractivity contribution < 1.29 is 5.11 Å². The van der Waals surface area contributed by atoms with E-state index in [9.17, 15) is 5.11 Å². The molecule has 3 nitrogen and oxygen atoms in total. The number of thiazole rings is 1. The summed E-state index contributed by atoms with van der Waals surface area (Å²) in [4.78, 5) is 4.65. The summed E-state index contributed by atoms with van der Waals surface area (Å²) < 4.78 is 0. The normalized spacial score (nSPS) is 15.7. The van der Waals surface area contributed by atoms with Gasteiger partial charge in [-0.25, -0.2) is 4.98 Å². The van der Waals surface area contributed by atoms with E-state index in [1.54, 1.807) is 11.3 Å². The predicted molar refractivity (Wildman–Crippen MR) is 78.1 cm³/mol. The molecule has 1 unspecified atom stereocenters. The molecule has 0 saturated carbocycles. The van der Waals surface area contributed by atoms with Gasteiger partial charge in [0.25, 0.3) is 0 Å². The monoisotopic (exact) mass is 270 g/mol. The van der Waals surface area contributed by atoms with Gasteiger partial charge in [0.15, 0.2) is 0 Å². The molecule has 1 aromatic rings. The lowest BCUT2D eigenvalue weighted by Gasteiger charge is -2.28. The molecule has 1 rings (SSSR count). The number of aliphatic hydroxyl groups is 1. The van der Waals surface area contributed by atoms with Crippen molar-refractivity contribution in [2.24, 2.45) is 0 Å². The molecule has 1 aromatic heterocycles. The minimum Gasteiger partial charge on any atom is -0.394 e. The van der Waals surface area contributed by atoms with E-state index in [1.165, 1.54) is 5.01 Å². The highest BCUT2D eigenvalue weighted by molar-refractivity contribution is 7.09. The molecule has 0 aliphatic rings. The lowest BCUT2D eigenvalue weighted by atomic mass is 9.97. The van der Waals surface area contributed by atoms with Crippen molar-refractivity contribution in [2.45, 2.75) is 65.0 Å². The van der Waals surface area contributed by atoms with Gasteiger partial charge in [-0.05, 0) is 13.3 Å². The van der Waals surface area contributed by atoms with Crippen molar-refractivity contribution in [1.29, 1.82) is 0 Å². The van der Waals surface area contributed by atoms with Crippen molar-refractivity contribution >= 4 is 11.3 Å². The second-order valence-electron chi connectivity index (χ2n) is 6.22. The fourth-order valence-electron chi connectivity index (χ4n) is 1.81. The van der Waals surface area contributed by atoms with Gasteiger partial charge in [0.05, 0.1) is 17.3 Å². The Morgan fingerprint density at radius 3 is 2.44 bits per heavy atom. The smallest absolute Gasteiger partial charge is 0.0982 e. The van der Waals surface area contributed by atoms with Crippen molar-refractivity contribution in [3.05, 3.63) is 16.1 Å². The Labute approximate surface area is 115 Å². The molecule has 0 spiro atoms. The van der Waals surface area contributed by atoms with E-state index >= 15 is 0 Å². The molecule has 18 heavy (non-hydrogen) atoms. The number of aliphatic hydroxyl groups excluding tert-OH is 1. The van der Waals surface area contributed by atoms with Crippen LogP contribution in [0.2, 0.25) is 0 Å². The molecular formula is C14H26N2OS. The maximum atomic E-state index is 9.45. The molecular weight excluding hydrogens is 244 g/mol. The summed E-state index contributed by atoms with van der Waals surface area (Å²) in [5, 5.41) is 16.1. The first-order valence-electron chi connectivity index (χ1n) is 6.61. The Bertz CT molecular complexity index is 370. The van der Waals surface area contributed by atoms with Crippen LogP contribution in [0.4, 0.5) is 0 Å². The average molecular weight is 270 g/mol. The highest BCUT2D eigenvalue weighted by Gasteiger charge is 2.22. The minimum absolute atomic E-state index is 0.118. The van der Waals surface area contributed by atoms with Gasteiger partial charge >= 0.3 is 0 Å². The van der Waals surface area contributed by atoms with E-state index in [4.69, 9.17) is 0 Å². The van der Waals surface area contributed by atoms with E-state index < -0.39 is 0 Å². The van der Waals surface area contributed by atoms with Crippen LogP contribution in [0.15, 0.2) is 5.38 Å². The molecule has 2 N–H and O–H groups in total. The molecule has 1 atom stereocenters. The highest BCUT2D eigenvalue weighted by atomic mass is 32.1. The molecule has 0 fully saturated rings. The lowest BCUT2D eigenvalue weighted by Crippen LogP contribution is -2.45. The topological polar surface area (TPSA) is 45.1 Å². The van der Waals surface area contributed by atoms with E-state index in [0.29, 0.717) is 0 Å². The number of nitrogens with zero attached hydrogens (tertiary/aromatic N) is 1. The number of aromatic nitrogens is 1. The van der Waals surface area contributed by atoms with Crippen LogP contribution >= 0.6 is 11.3 Å². The number of rotatable bonds is 6. The third-order valence-corrected chi connectivity index (χ3v) is 4.36. The van der Waals surface area contributed by atoms with Gasteiger partial charge in [-0.15, -0.1) is 11.3 Å².